The fourth-order valence-corrected chi connectivity index (χ4v) is 5.85. The quantitative estimate of drug-likeness (QED) is 0.585. The maximum absolute atomic E-state index is 13.0. The van der Waals surface area contributed by atoms with Gasteiger partial charge in [0.15, 0.2) is 9.84 Å². The van der Waals surface area contributed by atoms with E-state index in [2.05, 4.69) is 25.8 Å². The lowest BCUT2D eigenvalue weighted by Crippen LogP contribution is -2.49. The molecule has 0 bridgehead atoms. The van der Waals surface area contributed by atoms with Gasteiger partial charge in [-0.1, -0.05) is 0 Å². The first-order chi connectivity index (χ1) is 13.9. The molecule has 8 nitrogen and oxygen atoms in total. The zero-order valence-electron chi connectivity index (χ0n) is 18.0. The van der Waals surface area contributed by atoms with E-state index >= 15 is 0 Å². The van der Waals surface area contributed by atoms with Gasteiger partial charge in [0.1, 0.15) is 20.8 Å². The molecule has 0 unspecified atom stereocenters. The molecule has 0 aromatic carbocycles. The Hall–Kier alpha value is -1.39. The molecule has 168 valence electrons. The maximum atomic E-state index is 13.0. The van der Waals surface area contributed by atoms with Crippen molar-refractivity contribution in [3.8, 4) is 0 Å². The van der Waals surface area contributed by atoms with E-state index in [4.69, 9.17) is 9.47 Å². The molecule has 2 aliphatic heterocycles. The van der Waals surface area contributed by atoms with Gasteiger partial charge in [-0.2, -0.15) is 0 Å². The zero-order chi connectivity index (χ0) is 22.2. The maximum Gasteiger partial charge on any atom is 0.410 e. The van der Waals surface area contributed by atoms with Crippen LogP contribution in [0, 0.1) is 0 Å². The summed E-state index contributed by atoms with van der Waals surface area (Å²) in [5.74, 6) is 0.736. The number of rotatable bonds is 3. The summed E-state index contributed by atoms with van der Waals surface area (Å²) in [6.45, 7) is 8.73. The number of carbonyl (C=O) groups excluding carboxylic acids is 1. The third-order valence-electron chi connectivity index (χ3n) is 5.57. The van der Waals surface area contributed by atoms with E-state index in [0.717, 1.165) is 5.82 Å². The van der Waals surface area contributed by atoms with E-state index in [0.29, 0.717) is 62.4 Å². The monoisotopic (exact) mass is 503 g/mol. The summed E-state index contributed by atoms with van der Waals surface area (Å²) in [5, 5.41) is 0. The first-order valence-electron chi connectivity index (χ1n) is 10.1. The molecule has 0 spiro atoms. The van der Waals surface area contributed by atoms with Crippen molar-refractivity contribution in [2.24, 2.45) is 0 Å². The number of morpholine rings is 1. The topological polar surface area (TPSA) is 89.0 Å². The first-order valence-corrected chi connectivity index (χ1v) is 12.8. The lowest BCUT2D eigenvalue weighted by molar-refractivity contribution is 0.0192. The van der Waals surface area contributed by atoms with Crippen LogP contribution in [0.1, 0.15) is 39.2 Å². The number of anilines is 1. The molecule has 0 saturated carbocycles. The van der Waals surface area contributed by atoms with Crippen molar-refractivity contribution in [1.29, 1.82) is 0 Å². The van der Waals surface area contributed by atoms with Gasteiger partial charge >= 0.3 is 6.09 Å². The molecular formula is C20H30BrN3O5S. The number of aromatic nitrogens is 1. The normalized spacial score (nSPS) is 20.2. The van der Waals surface area contributed by atoms with E-state index in [1.165, 1.54) is 6.26 Å². The average Bonchev–Trinajstić information content (AvgIpc) is 2.66. The van der Waals surface area contributed by atoms with Crippen molar-refractivity contribution in [2.45, 2.75) is 44.0 Å². The Morgan fingerprint density at radius 3 is 2.30 bits per heavy atom. The highest BCUT2D eigenvalue weighted by atomic mass is 79.9. The molecule has 0 radical (unpaired) electrons. The van der Waals surface area contributed by atoms with E-state index < -0.39 is 26.3 Å². The number of pyridine rings is 1. The number of carbonyl (C=O) groups is 1. The molecule has 10 heteroatoms. The lowest BCUT2D eigenvalue weighted by Gasteiger charge is -2.41. The van der Waals surface area contributed by atoms with Crippen molar-refractivity contribution in [1.82, 2.24) is 9.88 Å². The van der Waals surface area contributed by atoms with E-state index in [1.54, 1.807) is 11.0 Å². The Kier molecular flexibility index (Phi) is 6.69. The van der Waals surface area contributed by atoms with Crippen molar-refractivity contribution in [3.63, 3.8) is 0 Å². The number of sulfone groups is 1. The summed E-state index contributed by atoms with van der Waals surface area (Å²) in [5.41, 5.74) is 0.114. The van der Waals surface area contributed by atoms with Crippen LogP contribution in [0.5, 0.6) is 0 Å². The van der Waals surface area contributed by atoms with Crippen LogP contribution in [0.25, 0.3) is 0 Å². The summed E-state index contributed by atoms with van der Waals surface area (Å²) >= 11 is 3.46. The minimum absolute atomic E-state index is 0.310. The smallest absolute Gasteiger partial charge is 0.410 e. The van der Waals surface area contributed by atoms with Gasteiger partial charge in [0, 0.05) is 32.4 Å². The largest absolute Gasteiger partial charge is 0.444 e. The fourth-order valence-electron chi connectivity index (χ4n) is 3.95. The second kappa shape index (κ2) is 8.63. The Balaban J connectivity index is 1.89. The molecule has 1 aromatic rings. The molecule has 3 heterocycles. The number of nitrogens with zero attached hydrogens (tertiary/aromatic N) is 3. The molecule has 30 heavy (non-hydrogen) atoms. The van der Waals surface area contributed by atoms with Gasteiger partial charge in [-0.3, -0.25) is 0 Å². The van der Waals surface area contributed by atoms with E-state index in [-0.39, 0.29) is 0 Å². The van der Waals surface area contributed by atoms with Gasteiger partial charge < -0.3 is 19.3 Å². The summed E-state index contributed by atoms with van der Waals surface area (Å²) in [6, 6.07) is 3.66. The highest BCUT2D eigenvalue weighted by Crippen LogP contribution is 2.42. The fraction of sp³-hybridized carbons (Fsp3) is 0.700. The first kappa shape index (κ1) is 23.3. The number of hydrogen-bond donors (Lipinski definition) is 0. The van der Waals surface area contributed by atoms with Gasteiger partial charge in [-0.15, -0.1) is 0 Å². The van der Waals surface area contributed by atoms with Crippen LogP contribution in [-0.2, 0) is 24.1 Å². The predicted octanol–water partition coefficient (Wildman–Crippen LogP) is 2.95. The molecule has 3 rings (SSSR count). The SMILES string of the molecule is CC(C)(C)OC(=O)N1CCC(c2cc(Br)nc(N3CCOCC3)c2)(S(C)(=O)=O)CC1. The van der Waals surface area contributed by atoms with Crippen LogP contribution >= 0.6 is 15.9 Å². The van der Waals surface area contributed by atoms with E-state index in [1.807, 2.05) is 26.8 Å². The summed E-state index contributed by atoms with van der Waals surface area (Å²) in [7, 11) is -3.46. The van der Waals surface area contributed by atoms with Gasteiger partial charge in [0.05, 0.1) is 13.2 Å². The minimum Gasteiger partial charge on any atom is -0.444 e. The average molecular weight is 504 g/mol. The number of ether oxygens (including phenoxy) is 2. The number of halogens is 1. The molecule has 1 aromatic heterocycles. The van der Waals surface area contributed by atoms with Crippen molar-refractivity contribution < 1.29 is 22.7 Å². The summed E-state index contributed by atoms with van der Waals surface area (Å²) in [4.78, 5) is 20.7. The molecule has 2 aliphatic rings. The Bertz CT molecular complexity index is 886. The Morgan fingerprint density at radius 1 is 1.17 bits per heavy atom. The minimum atomic E-state index is -3.46. The van der Waals surface area contributed by atoms with Crippen LogP contribution in [0.4, 0.5) is 10.6 Å². The van der Waals surface area contributed by atoms with Gasteiger partial charge in [-0.25, -0.2) is 18.2 Å². The van der Waals surface area contributed by atoms with Crippen molar-refractivity contribution in [2.75, 3.05) is 50.5 Å². The van der Waals surface area contributed by atoms with Crippen LogP contribution in [0.2, 0.25) is 0 Å². The van der Waals surface area contributed by atoms with Crippen molar-refractivity contribution >= 4 is 37.7 Å². The molecule has 0 atom stereocenters. The third-order valence-corrected chi connectivity index (χ3v) is 8.04. The van der Waals surface area contributed by atoms with Crippen LogP contribution in [-0.4, -0.2) is 75.6 Å². The molecule has 0 aliphatic carbocycles. The standard InChI is InChI=1S/C20H30BrN3O5S/c1-19(2,3)29-18(25)24-7-5-20(6-8-24,30(4,26)27)15-13-16(21)22-17(14-15)23-9-11-28-12-10-23/h13-14H,5-12H2,1-4H3. The number of piperidine rings is 1. The highest BCUT2D eigenvalue weighted by molar-refractivity contribution is 9.10. The van der Waals surface area contributed by atoms with Crippen LogP contribution in [0.3, 0.4) is 0 Å². The predicted molar refractivity (Wildman–Crippen MR) is 119 cm³/mol. The molecule has 2 saturated heterocycles. The molecule has 1 amide bonds. The molecular weight excluding hydrogens is 474 g/mol. The van der Waals surface area contributed by atoms with Crippen LogP contribution < -0.4 is 4.90 Å². The summed E-state index contributed by atoms with van der Waals surface area (Å²) in [6.07, 6.45) is 1.49. The summed E-state index contributed by atoms with van der Waals surface area (Å²) < 4.78 is 36.4. The second-order valence-electron chi connectivity index (χ2n) is 8.87. The van der Waals surface area contributed by atoms with Gasteiger partial charge in [0.25, 0.3) is 0 Å². The number of amides is 1. The van der Waals surface area contributed by atoms with Gasteiger partial charge in [-0.05, 0) is 67.2 Å². The molecule has 0 N–H and O–H groups in total. The Labute approximate surface area is 187 Å². The molecule has 2 fully saturated rings. The third kappa shape index (κ3) is 5.08. The lowest BCUT2D eigenvalue weighted by atomic mass is 9.88. The van der Waals surface area contributed by atoms with Gasteiger partial charge in [0.2, 0.25) is 0 Å². The highest BCUT2D eigenvalue weighted by Gasteiger charge is 2.46. The van der Waals surface area contributed by atoms with Crippen LogP contribution in [0.15, 0.2) is 16.7 Å². The number of hydrogen-bond acceptors (Lipinski definition) is 7. The second-order valence-corrected chi connectivity index (χ2v) is 12.0. The number of likely N-dealkylation sites (tertiary alicyclic amines) is 1. The van der Waals surface area contributed by atoms with E-state index in [9.17, 15) is 13.2 Å². The zero-order valence-corrected chi connectivity index (χ0v) is 20.4. The van der Waals surface area contributed by atoms with Crippen molar-refractivity contribution in [3.05, 3.63) is 22.3 Å². The Morgan fingerprint density at radius 2 is 1.77 bits per heavy atom.